The van der Waals surface area contributed by atoms with Crippen LogP contribution in [0.15, 0.2) is 108 Å². The van der Waals surface area contributed by atoms with Crippen LogP contribution in [0.25, 0.3) is 0 Å². The summed E-state index contributed by atoms with van der Waals surface area (Å²) in [6, 6.07) is 31.6. The van der Waals surface area contributed by atoms with E-state index < -0.39 is 5.25 Å². The fourth-order valence-electron chi connectivity index (χ4n) is 3.38. The fraction of sp³-hybridized carbons (Fsp3) is 0.0714. The Kier molecular flexibility index (Phi) is 7.68. The molecule has 2 N–H and O–H groups in total. The summed E-state index contributed by atoms with van der Waals surface area (Å²) >= 11 is 7.40. The number of carbonyl (C=O) groups excluding carboxylic acids is 2. The van der Waals surface area contributed by atoms with Crippen LogP contribution in [0.3, 0.4) is 0 Å². The number of halogens is 1. The Balaban J connectivity index is 1.48. The summed E-state index contributed by atoms with van der Waals surface area (Å²) in [5.41, 5.74) is 3.92. The van der Waals surface area contributed by atoms with E-state index in [1.165, 1.54) is 11.8 Å². The summed E-state index contributed by atoms with van der Waals surface area (Å²) in [6.45, 7) is 1.95. The van der Waals surface area contributed by atoms with Gasteiger partial charge >= 0.3 is 0 Å². The third kappa shape index (κ3) is 6.28. The summed E-state index contributed by atoms with van der Waals surface area (Å²) in [7, 11) is 0. The SMILES string of the molecule is Cc1cccc(C(=O)Nc2ccc(SC(C(=O)Nc3ccc(Cl)cc3)c3ccccc3)cc2)c1. The first-order valence-electron chi connectivity index (χ1n) is 10.7. The van der Waals surface area contributed by atoms with E-state index in [4.69, 9.17) is 11.6 Å². The zero-order chi connectivity index (χ0) is 23.9. The van der Waals surface area contributed by atoms with Gasteiger partial charge in [-0.1, -0.05) is 59.6 Å². The molecule has 4 aromatic rings. The molecule has 0 fully saturated rings. The van der Waals surface area contributed by atoms with Gasteiger partial charge < -0.3 is 10.6 Å². The molecule has 0 spiro atoms. The first-order chi connectivity index (χ1) is 16.5. The third-order valence-corrected chi connectivity index (χ3v) is 6.62. The van der Waals surface area contributed by atoms with Crippen molar-refractivity contribution < 1.29 is 9.59 Å². The summed E-state index contributed by atoms with van der Waals surface area (Å²) in [4.78, 5) is 26.6. The van der Waals surface area contributed by atoms with Crippen molar-refractivity contribution >= 4 is 46.6 Å². The van der Waals surface area contributed by atoms with Crippen molar-refractivity contribution in [1.29, 1.82) is 0 Å². The lowest BCUT2D eigenvalue weighted by atomic mass is 10.1. The zero-order valence-corrected chi connectivity index (χ0v) is 20.1. The first-order valence-corrected chi connectivity index (χ1v) is 12.0. The molecule has 0 aliphatic rings. The molecule has 0 aliphatic carbocycles. The van der Waals surface area contributed by atoms with Crippen LogP contribution >= 0.6 is 23.4 Å². The Hall–Kier alpha value is -3.54. The number of anilines is 2. The molecule has 0 bridgehead atoms. The summed E-state index contributed by atoms with van der Waals surface area (Å²) in [5, 5.41) is 6.05. The smallest absolute Gasteiger partial charge is 0.255 e. The second-order valence-corrected chi connectivity index (χ2v) is 9.37. The Morgan fingerprint density at radius 2 is 1.41 bits per heavy atom. The van der Waals surface area contributed by atoms with Crippen LogP contribution < -0.4 is 10.6 Å². The van der Waals surface area contributed by atoms with E-state index in [0.29, 0.717) is 22.0 Å². The summed E-state index contributed by atoms with van der Waals surface area (Å²) < 4.78 is 0. The van der Waals surface area contributed by atoms with E-state index in [0.717, 1.165) is 16.0 Å². The second-order valence-electron chi connectivity index (χ2n) is 7.75. The second kappa shape index (κ2) is 11.1. The van der Waals surface area contributed by atoms with Gasteiger partial charge in [0.25, 0.3) is 5.91 Å². The molecular formula is C28H23ClN2O2S. The number of hydrogen-bond donors (Lipinski definition) is 2. The number of aryl methyl sites for hydroxylation is 1. The molecule has 0 aromatic heterocycles. The lowest BCUT2D eigenvalue weighted by molar-refractivity contribution is -0.115. The van der Waals surface area contributed by atoms with Crippen molar-refractivity contribution in [2.24, 2.45) is 0 Å². The minimum absolute atomic E-state index is 0.129. The Labute approximate surface area is 208 Å². The minimum atomic E-state index is -0.454. The van der Waals surface area contributed by atoms with Gasteiger partial charge in [0.1, 0.15) is 5.25 Å². The Bertz CT molecular complexity index is 1280. The summed E-state index contributed by atoms with van der Waals surface area (Å²) in [6.07, 6.45) is 0. The number of nitrogens with one attached hydrogen (secondary N) is 2. The van der Waals surface area contributed by atoms with Gasteiger partial charge in [0.05, 0.1) is 0 Å². The van der Waals surface area contributed by atoms with E-state index in [1.807, 2.05) is 79.7 Å². The Morgan fingerprint density at radius 1 is 0.765 bits per heavy atom. The standard InChI is InChI=1S/C28H23ClN2O2S/c1-19-6-5-9-21(18-19)27(32)30-24-14-16-25(17-15-24)34-26(20-7-3-2-4-8-20)28(33)31-23-12-10-22(29)11-13-23/h2-18,26H,1H3,(H,30,32)(H,31,33). The van der Waals surface area contributed by atoms with Crippen molar-refractivity contribution in [3.63, 3.8) is 0 Å². The molecule has 0 heterocycles. The molecule has 1 atom stereocenters. The van der Waals surface area contributed by atoms with Gasteiger partial charge in [-0.25, -0.2) is 0 Å². The lowest BCUT2D eigenvalue weighted by Gasteiger charge is -2.17. The highest BCUT2D eigenvalue weighted by Gasteiger charge is 2.22. The molecule has 4 rings (SSSR count). The van der Waals surface area contributed by atoms with E-state index in [-0.39, 0.29) is 11.8 Å². The largest absolute Gasteiger partial charge is 0.325 e. The molecule has 0 saturated carbocycles. The molecule has 170 valence electrons. The van der Waals surface area contributed by atoms with Crippen molar-refractivity contribution in [1.82, 2.24) is 0 Å². The predicted molar refractivity (Wildman–Crippen MR) is 141 cm³/mol. The molecule has 6 heteroatoms. The van der Waals surface area contributed by atoms with Gasteiger partial charge in [0.2, 0.25) is 5.91 Å². The topological polar surface area (TPSA) is 58.2 Å². The molecule has 2 amide bonds. The van der Waals surface area contributed by atoms with Crippen LogP contribution in [-0.2, 0) is 4.79 Å². The molecule has 0 saturated heterocycles. The molecule has 0 radical (unpaired) electrons. The maximum absolute atomic E-state index is 13.2. The summed E-state index contributed by atoms with van der Waals surface area (Å²) in [5.74, 6) is -0.288. The van der Waals surface area contributed by atoms with Crippen molar-refractivity contribution in [2.45, 2.75) is 17.1 Å². The van der Waals surface area contributed by atoms with Gasteiger partial charge in [-0.05, 0) is 73.2 Å². The monoisotopic (exact) mass is 486 g/mol. The predicted octanol–water partition coefficient (Wildman–Crippen LogP) is 7.37. The number of hydrogen-bond acceptors (Lipinski definition) is 3. The van der Waals surface area contributed by atoms with Crippen LogP contribution in [0, 0.1) is 6.92 Å². The lowest BCUT2D eigenvalue weighted by Crippen LogP contribution is -2.19. The van der Waals surface area contributed by atoms with Crippen molar-refractivity contribution in [3.8, 4) is 0 Å². The number of rotatable bonds is 7. The quantitative estimate of drug-likeness (QED) is 0.268. The van der Waals surface area contributed by atoms with Gasteiger partial charge in [-0.2, -0.15) is 0 Å². The van der Waals surface area contributed by atoms with Crippen LogP contribution in [0.5, 0.6) is 0 Å². The molecule has 0 aliphatic heterocycles. The zero-order valence-electron chi connectivity index (χ0n) is 18.5. The van der Waals surface area contributed by atoms with Crippen LogP contribution in [0.4, 0.5) is 11.4 Å². The van der Waals surface area contributed by atoms with E-state index in [9.17, 15) is 9.59 Å². The minimum Gasteiger partial charge on any atom is -0.325 e. The molecule has 34 heavy (non-hydrogen) atoms. The van der Waals surface area contributed by atoms with E-state index in [2.05, 4.69) is 10.6 Å². The number of benzene rings is 4. The van der Waals surface area contributed by atoms with Crippen LogP contribution in [0.2, 0.25) is 5.02 Å². The molecular weight excluding hydrogens is 464 g/mol. The van der Waals surface area contributed by atoms with Gasteiger partial charge in [-0.3, -0.25) is 9.59 Å². The Morgan fingerprint density at radius 3 is 2.09 bits per heavy atom. The van der Waals surface area contributed by atoms with E-state index in [1.54, 1.807) is 30.3 Å². The maximum Gasteiger partial charge on any atom is 0.255 e. The fourth-order valence-corrected chi connectivity index (χ4v) is 4.53. The van der Waals surface area contributed by atoms with E-state index >= 15 is 0 Å². The number of carbonyl (C=O) groups is 2. The first kappa shape index (κ1) is 23.6. The number of amides is 2. The van der Waals surface area contributed by atoms with Gasteiger partial charge in [0.15, 0.2) is 0 Å². The molecule has 1 unspecified atom stereocenters. The molecule has 4 nitrogen and oxygen atoms in total. The highest BCUT2D eigenvalue weighted by atomic mass is 35.5. The van der Waals surface area contributed by atoms with Crippen molar-refractivity contribution in [2.75, 3.05) is 10.6 Å². The van der Waals surface area contributed by atoms with Crippen LogP contribution in [-0.4, -0.2) is 11.8 Å². The third-order valence-electron chi connectivity index (χ3n) is 5.10. The maximum atomic E-state index is 13.2. The van der Waals surface area contributed by atoms with Crippen molar-refractivity contribution in [3.05, 3.63) is 125 Å². The average Bonchev–Trinajstić information content (AvgIpc) is 2.85. The number of thioether (sulfide) groups is 1. The highest BCUT2D eigenvalue weighted by Crippen LogP contribution is 2.36. The highest BCUT2D eigenvalue weighted by molar-refractivity contribution is 8.00. The molecule has 4 aromatic carbocycles. The average molecular weight is 487 g/mol. The van der Waals surface area contributed by atoms with Gasteiger partial charge in [0, 0.05) is 26.9 Å². The van der Waals surface area contributed by atoms with Crippen LogP contribution in [0.1, 0.15) is 26.7 Å². The van der Waals surface area contributed by atoms with Gasteiger partial charge in [-0.15, -0.1) is 11.8 Å². The normalized spacial score (nSPS) is 11.5.